The molecule has 1 saturated heterocycles. The molecule has 90 valence electrons. The van der Waals surface area contributed by atoms with Gasteiger partial charge in [-0.05, 0) is 68.3 Å². The Morgan fingerprint density at radius 2 is 1.56 bits per heavy atom. The van der Waals surface area contributed by atoms with Crippen LogP contribution in [0.5, 0.6) is 0 Å². The van der Waals surface area contributed by atoms with Gasteiger partial charge in [0.2, 0.25) is 0 Å². The van der Waals surface area contributed by atoms with Crippen molar-refractivity contribution in [2.45, 2.75) is 24.9 Å². The fourth-order valence-corrected chi connectivity index (χ4v) is 10.4. The number of fused-ring (bicyclic) bond motifs is 5. The lowest BCUT2D eigenvalue weighted by Crippen LogP contribution is -2.52. The van der Waals surface area contributed by atoms with Gasteiger partial charge in [-0.2, -0.15) is 0 Å². The third-order valence-electron chi connectivity index (χ3n) is 4.69. The molecule has 2 aliphatic rings. The number of hydrogen-bond acceptors (Lipinski definition) is 0. The van der Waals surface area contributed by atoms with Gasteiger partial charge in [0.15, 0.2) is 0 Å². The zero-order valence-electron chi connectivity index (χ0n) is 10.2. The van der Waals surface area contributed by atoms with Crippen molar-refractivity contribution in [3.63, 3.8) is 0 Å². The normalized spacial score (nSPS) is 18.9. The van der Waals surface area contributed by atoms with Crippen molar-refractivity contribution in [1.29, 1.82) is 0 Å². The summed E-state index contributed by atoms with van der Waals surface area (Å²) in [6, 6.07) is 19.2. The van der Waals surface area contributed by atoms with Gasteiger partial charge in [-0.25, -0.2) is 0 Å². The number of rotatable bonds is 0. The fraction of sp³-hybridized carbons (Fsp3) is 0.250. The summed E-state index contributed by atoms with van der Waals surface area (Å²) in [4.78, 5) is 0. The minimum absolute atomic E-state index is 1.35. The van der Waals surface area contributed by atoms with E-state index in [0.29, 0.717) is 0 Å². The SMILES string of the molecule is Ic1ccc2c(c1)[Si]1(CCCC1)c1ccccc1-2. The first-order valence-corrected chi connectivity index (χ1v) is 10.2. The lowest BCUT2D eigenvalue weighted by molar-refractivity contribution is 0.935. The highest BCUT2D eigenvalue weighted by Gasteiger charge is 2.46. The Morgan fingerprint density at radius 1 is 0.833 bits per heavy atom. The van der Waals surface area contributed by atoms with E-state index in [1.165, 1.54) is 34.1 Å². The van der Waals surface area contributed by atoms with Gasteiger partial charge in [-0.15, -0.1) is 0 Å². The molecule has 0 aromatic heterocycles. The van der Waals surface area contributed by atoms with Gasteiger partial charge in [0, 0.05) is 3.57 Å². The summed E-state index contributed by atoms with van der Waals surface area (Å²) in [6.07, 6.45) is 2.87. The predicted molar refractivity (Wildman–Crippen MR) is 88.5 cm³/mol. The van der Waals surface area contributed by atoms with Crippen LogP contribution in [0.25, 0.3) is 11.1 Å². The van der Waals surface area contributed by atoms with Crippen molar-refractivity contribution in [1.82, 2.24) is 0 Å². The van der Waals surface area contributed by atoms with Crippen molar-refractivity contribution in [2.24, 2.45) is 0 Å². The van der Waals surface area contributed by atoms with Gasteiger partial charge < -0.3 is 0 Å². The molecule has 0 saturated carbocycles. The van der Waals surface area contributed by atoms with Gasteiger partial charge >= 0.3 is 0 Å². The molecule has 0 bridgehead atoms. The van der Waals surface area contributed by atoms with Crippen LogP contribution >= 0.6 is 22.6 Å². The molecule has 0 nitrogen and oxygen atoms in total. The molecular weight excluding hydrogens is 347 g/mol. The maximum Gasteiger partial charge on any atom is 0.119 e. The number of halogens is 1. The smallest absolute Gasteiger partial charge is 0.0623 e. The molecule has 18 heavy (non-hydrogen) atoms. The van der Waals surface area contributed by atoms with Crippen LogP contribution in [0.4, 0.5) is 0 Å². The maximum absolute atomic E-state index is 2.48. The molecule has 0 aliphatic carbocycles. The zero-order chi connectivity index (χ0) is 12.2. The van der Waals surface area contributed by atoms with Gasteiger partial charge in [0.1, 0.15) is 8.07 Å². The van der Waals surface area contributed by atoms with Crippen LogP contribution in [0.15, 0.2) is 42.5 Å². The summed E-state index contributed by atoms with van der Waals surface area (Å²) in [7, 11) is -1.35. The Kier molecular flexibility index (Phi) is 2.46. The largest absolute Gasteiger partial charge is 0.119 e. The van der Waals surface area contributed by atoms with Crippen molar-refractivity contribution in [3.8, 4) is 11.1 Å². The average molecular weight is 362 g/mol. The summed E-state index contributed by atoms with van der Waals surface area (Å²) in [5.74, 6) is 0. The van der Waals surface area contributed by atoms with E-state index in [2.05, 4.69) is 65.1 Å². The quantitative estimate of drug-likeness (QED) is 0.496. The van der Waals surface area contributed by atoms with Crippen molar-refractivity contribution < 1.29 is 0 Å². The fourth-order valence-electron chi connectivity index (χ4n) is 3.94. The van der Waals surface area contributed by atoms with Gasteiger partial charge in [-0.3, -0.25) is 0 Å². The van der Waals surface area contributed by atoms with E-state index in [1.54, 1.807) is 15.9 Å². The first-order valence-electron chi connectivity index (χ1n) is 6.71. The third kappa shape index (κ3) is 1.36. The average Bonchev–Trinajstić information content (AvgIpc) is 2.98. The van der Waals surface area contributed by atoms with Crippen molar-refractivity contribution in [2.75, 3.05) is 0 Å². The van der Waals surface area contributed by atoms with E-state index in [0.717, 1.165) is 0 Å². The second-order valence-corrected chi connectivity index (χ2v) is 11.0. The molecule has 1 fully saturated rings. The molecule has 4 rings (SSSR count). The van der Waals surface area contributed by atoms with Crippen LogP contribution in [0.1, 0.15) is 12.8 Å². The zero-order valence-corrected chi connectivity index (χ0v) is 13.4. The standard InChI is InChI=1S/C16H15ISi/c17-12-7-8-14-13-5-1-2-6-15(13)18(16(14)11-12)9-3-4-10-18/h1-2,5-8,11H,3-4,9-10H2. The molecular formula is C16H15ISi. The van der Waals surface area contributed by atoms with Gasteiger partial charge in [-0.1, -0.05) is 43.2 Å². The number of benzene rings is 2. The molecule has 0 radical (unpaired) electrons. The highest BCUT2D eigenvalue weighted by molar-refractivity contribution is 14.1. The number of hydrogen-bond donors (Lipinski definition) is 0. The van der Waals surface area contributed by atoms with Crippen LogP contribution in [0.3, 0.4) is 0 Å². The molecule has 0 amide bonds. The van der Waals surface area contributed by atoms with Crippen LogP contribution in [0, 0.1) is 3.57 Å². The van der Waals surface area contributed by atoms with Gasteiger partial charge in [0.25, 0.3) is 0 Å². The molecule has 2 aliphatic heterocycles. The summed E-state index contributed by atoms with van der Waals surface area (Å²) in [5.41, 5.74) is 3.08. The van der Waals surface area contributed by atoms with E-state index < -0.39 is 8.07 Å². The lowest BCUT2D eigenvalue weighted by Gasteiger charge is -2.23. The third-order valence-corrected chi connectivity index (χ3v) is 10.7. The molecule has 0 atom stereocenters. The summed E-state index contributed by atoms with van der Waals surface area (Å²) < 4.78 is 1.40. The second kappa shape index (κ2) is 3.94. The van der Waals surface area contributed by atoms with Crippen molar-refractivity contribution >= 4 is 41.0 Å². The second-order valence-electron chi connectivity index (χ2n) is 5.52. The topological polar surface area (TPSA) is 0 Å². The minimum atomic E-state index is -1.35. The molecule has 1 spiro atoms. The monoisotopic (exact) mass is 362 g/mol. The van der Waals surface area contributed by atoms with E-state index in [1.807, 2.05) is 0 Å². The Morgan fingerprint density at radius 3 is 2.39 bits per heavy atom. The van der Waals surface area contributed by atoms with E-state index in [-0.39, 0.29) is 0 Å². The first-order chi connectivity index (χ1) is 8.81. The molecule has 2 aromatic carbocycles. The first kappa shape index (κ1) is 11.2. The summed E-state index contributed by atoms with van der Waals surface area (Å²) in [5, 5.41) is 3.45. The lowest BCUT2D eigenvalue weighted by atomic mass is 10.1. The van der Waals surface area contributed by atoms with Crippen LogP contribution in [0.2, 0.25) is 12.1 Å². The maximum atomic E-state index is 2.48. The Balaban J connectivity index is 2.08. The minimum Gasteiger partial charge on any atom is -0.0623 e. The Labute approximate surface area is 123 Å². The summed E-state index contributed by atoms with van der Waals surface area (Å²) >= 11 is 2.46. The predicted octanol–water partition coefficient (Wildman–Crippen LogP) is 3.63. The van der Waals surface area contributed by atoms with Crippen LogP contribution in [-0.2, 0) is 0 Å². The van der Waals surface area contributed by atoms with Crippen molar-refractivity contribution in [3.05, 3.63) is 46.0 Å². The Hall–Kier alpha value is -0.613. The Bertz CT molecular complexity index is 627. The van der Waals surface area contributed by atoms with E-state index >= 15 is 0 Å². The van der Waals surface area contributed by atoms with E-state index in [4.69, 9.17) is 0 Å². The van der Waals surface area contributed by atoms with Crippen LogP contribution < -0.4 is 10.4 Å². The molecule has 2 heteroatoms. The molecule has 2 aromatic rings. The highest BCUT2D eigenvalue weighted by Crippen LogP contribution is 2.38. The highest BCUT2D eigenvalue weighted by atomic mass is 127. The van der Waals surface area contributed by atoms with E-state index in [9.17, 15) is 0 Å². The molecule has 2 heterocycles. The summed E-state index contributed by atoms with van der Waals surface area (Å²) in [6.45, 7) is 0. The molecule has 0 unspecified atom stereocenters. The molecule has 0 N–H and O–H groups in total. The van der Waals surface area contributed by atoms with Gasteiger partial charge in [0.05, 0.1) is 0 Å². The van der Waals surface area contributed by atoms with Crippen LogP contribution in [-0.4, -0.2) is 8.07 Å².